The van der Waals surface area contributed by atoms with E-state index in [0.717, 1.165) is 31.3 Å². The molecule has 224 valence electrons. The van der Waals surface area contributed by atoms with Crippen LogP contribution in [-0.4, -0.2) is 25.0 Å². The first-order valence-electron chi connectivity index (χ1n) is 14.1. The Hall–Kier alpha value is -5.41. The van der Waals surface area contributed by atoms with Crippen molar-refractivity contribution in [2.75, 3.05) is 12.0 Å². The van der Waals surface area contributed by atoms with E-state index in [0.29, 0.717) is 41.7 Å². The highest BCUT2D eigenvalue weighted by Crippen LogP contribution is 2.32. The van der Waals surface area contributed by atoms with Crippen molar-refractivity contribution in [3.05, 3.63) is 136 Å². The molecule has 0 bridgehead atoms. The largest absolute Gasteiger partial charge is 0.493 e. The molecule has 0 spiro atoms. The number of nitrogens with zero attached hydrogens (tertiary/aromatic N) is 1. The third-order valence-corrected chi connectivity index (χ3v) is 7.81. The molecule has 1 fully saturated rings. The standard InChI is InChI=1S/C36H27BrN2O6/c1-43-33-20-24(11-18-32(33)45-22-26-7-4-6-25-5-2-3-8-30(25)26)19-31-34(40)38-36(42)39(35(31)41)28-14-16-29(17-15-28)44-21-23-9-12-27(37)13-10-23/h2-20H,21-22H2,1H3,(H,38,40,42)/b31-19+. The van der Waals surface area contributed by atoms with Gasteiger partial charge in [0.25, 0.3) is 11.8 Å². The third-order valence-electron chi connectivity index (χ3n) is 7.28. The van der Waals surface area contributed by atoms with E-state index in [1.165, 1.54) is 13.2 Å². The van der Waals surface area contributed by atoms with Crippen LogP contribution in [-0.2, 0) is 22.8 Å². The number of carbonyl (C=O) groups is 3. The van der Waals surface area contributed by atoms with Crippen LogP contribution in [0.5, 0.6) is 17.2 Å². The number of rotatable bonds is 9. The number of ether oxygens (including phenoxy) is 3. The van der Waals surface area contributed by atoms with Crippen LogP contribution < -0.4 is 24.4 Å². The first kappa shape index (κ1) is 29.7. The number of anilines is 1. The molecule has 1 aliphatic heterocycles. The average molecular weight is 664 g/mol. The number of methoxy groups -OCH3 is 1. The topological polar surface area (TPSA) is 94.2 Å². The van der Waals surface area contributed by atoms with Crippen molar-refractivity contribution < 1.29 is 28.6 Å². The van der Waals surface area contributed by atoms with Gasteiger partial charge >= 0.3 is 6.03 Å². The quantitative estimate of drug-likeness (QED) is 0.130. The second-order valence-electron chi connectivity index (χ2n) is 10.2. The molecule has 1 N–H and O–H groups in total. The number of carbonyl (C=O) groups excluding carboxylic acids is 3. The third kappa shape index (κ3) is 6.58. The molecular formula is C36H27BrN2O6. The monoisotopic (exact) mass is 662 g/mol. The number of hydrogen-bond acceptors (Lipinski definition) is 6. The summed E-state index contributed by atoms with van der Waals surface area (Å²) in [6, 6.07) is 32.7. The van der Waals surface area contributed by atoms with Gasteiger partial charge in [-0.05, 0) is 82.1 Å². The van der Waals surface area contributed by atoms with Gasteiger partial charge in [0.05, 0.1) is 12.8 Å². The number of benzene rings is 5. The summed E-state index contributed by atoms with van der Waals surface area (Å²) in [5, 5.41) is 4.48. The van der Waals surface area contributed by atoms with E-state index in [1.54, 1.807) is 42.5 Å². The Morgan fingerprint density at radius 2 is 1.53 bits per heavy atom. The van der Waals surface area contributed by atoms with Gasteiger partial charge in [0.2, 0.25) is 0 Å². The number of halogens is 1. The second-order valence-corrected chi connectivity index (χ2v) is 11.1. The molecule has 0 radical (unpaired) electrons. The Bertz CT molecular complexity index is 1930. The smallest absolute Gasteiger partial charge is 0.335 e. The van der Waals surface area contributed by atoms with Gasteiger partial charge in [-0.3, -0.25) is 14.9 Å². The summed E-state index contributed by atoms with van der Waals surface area (Å²) < 4.78 is 18.5. The van der Waals surface area contributed by atoms with Gasteiger partial charge in [-0.15, -0.1) is 0 Å². The van der Waals surface area contributed by atoms with Gasteiger partial charge in [-0.1, -0.05) is 76.6 Å². The van der Waals surface area contributed by atoms with Crippen LogP contribution in [0.1, 0.15) is 16.7 Å². The fourth-order valence-electron chi connectivity index (χ4n) is 4.96. The molecule has 1 aliphatic rings. The van der Waals surface area contributed by atoms with Crippen molar-refractivity contribution in [1.29, 1.82) is 0 Å². The molecule has 0 aliphatic carbocycles. The second kappa shape index (κ2) is 13.1. The lowest BCUT2D eigenvalue weighted by atomic mass is 10.1. The highest BCUT2D eigenvalue weighted by molar-refractivity contribution is 9.10. The summed E-state index contributed by atoms with van der Waals surface area (Å²) in [5.41, 5.74) is 2.63. The zero-order chi connectivity index (χ0) is 31.3. The molecule has 45 heavy (non-hydrogen) atoms. The summed E-state index contributed by atoms with van der Waals surface area (Å²) in [7, 11) is 1.52. The fourth-order valence-corrected chi connectivity index (χ4v) is 5.23. The van der Waals surface area contributed by atoms with E-state index in [9.17, 15) is 14.4 Å². The molecular weight excluding hydrogens is 636 g/mol. The van der Waals surface area contributed by atoms with Crippen molar-refractivity contribution in [3.8, 4) is 17.2 Å². The Morgan fingerprint density at radius 3 is 2.31 bits per heavy atom. The first-order valence-corrected chi connectivity index (χ1v) is 14.8. The van der Waals surface area contributed by atoms with Crippen molar-refractivity contribution in [2.45, 2.75) is 13.2 Å². The zero-order valence-electron chi connectivity index (χ0n) is 24.2. The van der Waals surface area contributed by atoms with Crippen molar-refractivity contribution in [2.24, 2.45) is 0 Å². The Kier molecular flexibility index (Phi) is 8.61. The van der Waals surface area contributed by atoms with Crippen LogP contribution in [0.2, 0.25) is 0 Å². The Morgan fingerprint density at radius 1 is 0.778 bits per heavy atom. The van der Waals surface area contributed by atoms with Crippen molar-refractivity contribution >= 4 is 56.3 Å². The average Bonchev–Trinajstić information content (AvgIpc) is 3.06. The molecule has 1 heterocycles. The van der Waals surface area contributed by atoms with Crippen molar-refractivity contribution in [3.63, 3.8) is 0 Å². The Labute approximate surface area is 268 Å². The summed E-state index contributed by atoms with van der Waals surface area (Å²) in [5.74, 6) is -0.0344. The molecule has 1 saturated heterocycles. The Balaban J connectivity index is 1.17. The minimum Gasteiger partial charge on any atom is -0.493 e. The molecule has 0 atom stereocenters. The molecule has 5 aromatic carbocycles. The fraction of sp³-hybridized carbons (Fsp3) is 0.0833. The molecule has 0 saturated carbocycles. The maximum absolute atomic E-state index is 13.4. The lowest BCUT2D eigenvalue weighted by Crippen LogP contribution is -2.54. The minimum absolute atomic E-state index is 0.198. The van der Waals surface area contributed by atoms with Crippen molar-refractivity contribution in [1.82, 2.24) is 5.32 Å². The van der Waals surface area contributed by atoms with Crippen LogP contribution in [0.25, 0.3) is 16.8 Å². The van der Waals surface area contributed by atoms with E-state index >= 15 is 0 Å². The lowest BCUT2D eigenvalue weighted by Gasteiger charge is -2.26. The molecule has 8 nitrogen and oxygen atoms in total. The van der Waals surface area contributed by atoms with Gasteiger partial charge in [0.1, 0.15) is 24.5 Å². The van der Waals surface area contributed by atoms with E-state index in [4.69, 9.17) is 14.2 Å². The predicted octanol–water partition coefficient (Wildman–Crippen LogP) is 7.44. The van der Waals surface area contributed by atoms with Gasteiger partial charge in [0.15, 0.2) is 11.5 Å². The van der Waals surface area contributed by atoms with Crippen LogP contribution in [0, 0.1) is 0 Å². The molecule has 6 rings (SSSR count). The number of barbiturate groups is 1. The number of fused-ring (bicyclic) bond motifs is 1. The van der Waals surface area contributed by atoms with Crippen LogP contribution in [0.4, 0.5) is 10.5 Å². The summed E-state index contributed by atoms with van der Waals surface area (Å²) in [6.45, 7) is 0.678. The van der Waals surface area contributed by atoms with Gasteiger partial charge in [-0.2, -0.15) is 0 Å². The van der Waals surface area contributed by atoms with E-state index in [1.807, 2.05) is 54.6 Å². The number of hydrogen-bond donors (Lipinski definition) is 1. The normalized spacial score (nSPS) is 14.0. The highest BCUT2D eigenvalue weighted by atomic mass is 79.9. The molecule has 0 unspecified atom stereocenters. The van der Waals surface area contributed by atoms with Crippen LogP contribution in [0.3, 0.4) is 0 Å². The van der Waals surface area contributed by atoms with Gasteiger partial charge in [0, 0.05) is 4.47 Å². The SMILES string of the molecule is COc1cc(/C=C2\C(=O)NC(=O)N(c3ccc(OCc4ccc(Br)cc4)cc3)C2=O)ccc1OCc1cccc2ccccc12. The van der Waals surface area contributed by atoms with E-state index in [-0.39, 0.29) is 5.57 Å². The number of nitrogens with one attached hydrogen (secondary N) is 1. The minimum atomic E-state index is -0.833. The first-order chi connectivity index (χ1) is 21.9. The molecule has 4 amide bonds. The lowest BCUT2D eigenvalue weighted by molar-refractivity contribution is -0.122. The molecule has 5 aromatic rings. The van der Waals surface area contributed by atoms with Crippen LogP contribution >= 0.6 is 15.9 Å². The number of amides is 4. The van der Waals surface area contributed by atoms with Gasteiger partial charge in [-0.25, -0.2) is 9.69 Å². The predicted molar refractivity (Wildman–Crippen MR) is 175 cm³/mol. The maximum Gasteiger partial charge on any atom is 0.335 e. The zero-order valence-corrected chi connectivity index (χ0v) is 25.7. The van der Waals surface area contributed by atoms with E-state index in [2.05, 4.69) is 33.4 Å². The summed E-state index contributed by atoms with van der Waals surface area (Å²) >= 11 is 3.41. The molecule has 0 aromatic heterocycles. The number of imide groups is 2. The summed E-state index contributed by atoms with van der Waals surface area (Å²) in [4.78, 5) is 39.8. The van der Waals surface area contributed by atoms with Crippen LogP contribution in [0.15, 0.2) is 119 Å². The van der Waals surface area contributed by atoms with Gasteiger partial charge < -0.3 is 14.2 Å². The molecule has 9 heteroatoms. The summed E-state index contributed by atoms with van der Waals surface area (Å²) in [6.07, 6.45) is 1.42. The van der Waals surface area contributed by atoms with E-state index < -0.39 is 17.8 Å². The number of urea groups is 1. The maximum atomic E-state index is 13.4. The highest BCUT2D eigenvalue weighted by Gasteiger charge is 2.36.